The Labute approximate surface area is 79.4 Å². The minimum atomic E-state index is 0.0631. The van der Waals surface area contributed by atoms with E-state index >= 15 is 0 Å². The third-order valence-corrected chi connectivity index (χ3v) is 1.90. The summed E-state index contributed by atoms with van der Waals surface area (Å²) in [5, 5.41) is 13.3. The molecular weight excluding hydrogens is 164 g/mol. The van der Waals surface area contributed by atoms with E-state index in [9.17, 15) is 0 Å². The van der Waals surface area contributed by atoms with Crippen molar-refractivity contribution in [1.82, 2.24) is 9.78 Å². The first kappa shape index (κ1) is 10.3. The Morgan fingerprint density at radius 3 is 2.46 bits per heavy atom. The van der Waals surface area contributed by atoms with E-state index in [4.69, 9.17) is 5.11 Å². The summed E-state index contributed by atoms with van der Waals surface area (Å²) in [4.78, 5) is 0. The number of aliphatic hydroxyl groups is 1. The van der Waals surface area contributed by atoms with Crippen LogP contribution in [0.15, 0.2) is 6.07 Å². The lowest BCUT2D eigenvalue weighted by Gasteiger charge is -2.15. The Balaban J connectivity index is 2.80. The lowest BCUT2D eigenvalue weighted by Crippen LogP contribution is -2.09. The fourth-order valence-electron chi connectivity index (χ4n) is 1.35. The van der Waals surface area contributed by atoms with E-state index in [0.717, 1.165) is 17.8 Å². The molecule has 0 saturated heterocycles. The maximum absolute atomic E-state index is 8.97. The zero-order valence-corrected chi connectivity index (χ0v) is 8.83. The molecule has 13 heavy (non-hydrogen) atoms. The predicted molar refractivity (Wildman–Crippen MR) is 52.3 cm³/mol. The summed E-state index contributed by atoms with van der Waals surface area (Å²) in [6.07, 6.45) is 0.945. The highest BCUT2D eigenvalue weighted by atomic mass is 16.3. The second-order valence-electron chi connectivity index (χ2n) is 4.65. The summed E-state index contributed by atoms with van der Waals surface area (Å²) in [5.41, 5.74) is 2.18. The van der Waals surface area contributed by atoms with Crippen LogP contribution in [-0.2, 0) is 20.1 Å². The molecule has 1 heterocycles. The Bertz CT molecular complexity index is 284. The Hall–Kier alpha value is -0.830. The molecule has 1 aromatic rings. The summed E-state index contributed by atoms with van der Waals surface area (Å²) in [5.74, 6) is 0. The number of aliphatic hydroxyl groups excluding tert-OH is 1. The molecule has 0 saturated carbocycles. The Morgan fingerprint density at radius 1 is 1.46 bits per heavy atom. The first-order valence-corrected chi connectivity index (χ1v) is 4.55. The van der Waals surface area contributed by atoms with Crippen LogP contribution < -0.4 is 0 Å². The molecule has 0 aliphatic carbocycles. The Morgan fingerprint density at radius 2 is 2.08 bits per heavy atom. The largest absolute Gasteiger partial charge is 0.390 e. The summed E-state index contributed by atoms with van der Waals surface area (Å²) >= 11 is 0. The highest BCUT2D eigenvalue weighted by Crippen LogP contribution is 2.19. The third kappa shape index (κ3) is 2.84. The van der Waals surface area contributed by atoms with Crippen LogP contribution in [0.3, 0.4) is 0 Å². The van der Waals surface area contributed by atoms with Gasteiger partial charge in [0, 0.05) is 7.05 Å². The maximum atomic E-state index is 8.97. The van der Waals surface area contributed by atoms with Crippen molar-refractivity contribution in [1.29, 1.82) is 0 Å². The van der Waals surface area contributed by atoms with Gasteiger partial charge >= 0.3 is 0 Å². The number of rotatable bonds is 2. The van der Waals surface area contributed by atoms with Gasteiger partial charge in [0.2, 0.25) is 0 Å². The molecule has 3 nitrogen and oxygen atoms in total. The molecule has 1 N–H and O–H groups in total. The van der Waals surface area contributed by atoms with Crippen molar-refractivity contribution in [2.24, 2.45) is 12.5 Å². The molecule has 0 aliphatic heterocycles. The zero-order valence-electron chi connectivity index (χ0n) is 8.83. The fraction of sp³-hybridized carbons (Fsp3) is 0.700. The van der Waals surface area contributed by atoms with Crippen LogP contribution in [0.5, 0.6) is 0 Å². The van der Waals surface area contributed by atoms with Gasteiger partial charge in [-0.15, -0.1) is 0 Å². The molecule has 0 unspecified atom stereocenters. The van der Waals surface area contributed by atoms with Crippen molar-refractivity contribution in [2.75, 3.05) is 0 Å². The van der Waals surface area contributed by atoms with E-state index < -0.39 is 0 Å². The summed E-state index contributed by atoms with van der Waals surface area (Å²) in [6, 6.07) is 1.96. The molecule has 74 valence electrons. The van der Waals surface area contributed by atoms with Gasteiger partial charge in [0.15, 0.2) is 0 Å². The first-order valence-electron chi connectivity index (χ1n) is 4.55. The minimum Gasteiger partial charge on any atom is -0.390 e. The van der Waals surface area contributed by atoms with Crippen molar-refractivity contribution in [2.45, 2.75) is 33.8 Å². The van der Waals surface area contributed by atoms with Gasteiger partial charge in [-0.25, -0.2) is 0 Å². The molecule has 1 rings (SSSR count). The SMILES string of the molecule is Cn1nc(CC(C)(C)C)cc1CO. The van der Waals surface area contributed by atoms with Crippen LogP contribution in [0.25, 0.3) is 0 Å². The number of hydrogen-bond acceptors (Lipinski definition) is 2. The van der Waals surface area contributed by atoms with E-state index in [1.165, 1.54) is 0 Å². The van der Waals surface area contributed by atoms with Gasteiger partial charge in [0.1, 0.15) is 0 Å². The monoisotopic (exact) mass is 182 g/mol. The molecule has 0 amide bonds. The highest BCUT2D eigenvalue weighted by Gasteiger charge is 2.14. The van der Waals surface area contributed by atoms with E-state index in [0.29, 0.717) is 0 Å². The number of aromatic nitrogens is 2. The normalized spacial score (nSPS) is 12.1. The molecule has 0 radical (unpaired) electrons. The molecule has 0 bridgehead atoms. The molecule has 0 atom stereocenters. The predicted octanol–water partition coefficient (Wildman–Crippen LogP) is 1.50. The van der Waals surface area contributed by atoms with Gasteiger partial charge in [-0.1, -0.05) is 20.8 Å². The van der Waals surface area contributed by atoms with Crippen LogP contribution in [0.2, 0.25) is 0 Å². The average molecular weight is 182 g/mol. The molecule has 3 heteroatoms. The summed E-state index contributed by atoms with van der Waals surface area (Å²) < 4.78 is 1.74. The van der Waals surface area contributed by atoms with Gasteiger partial charge < -0.3 is 5.11 Å². The molecule has 0 aromatic carbocycles. The van der Waals surface area contributed by atoms with Crippen molar-refractivity contribution in [3.8, 4) is 0 Å². The third-order valence-electron chi connectivity index (χ3n) is 1.90. The second kappa shape index (κ2) is 3.50. The molecule has 0 fully saturated rings. The van der Waals surface area contributed by atoms with Crippen molar-refractivity contribution < 1.29 is 5.11 Å². The number of hydrogen-bond donors (Lipinski definition) is 1. The van der Waals surface area contributed by atoms with Crippen LogP contribution in [0.4, 0.5) is 0 Å². The standard InChI is InChI=1S/C10H18N2O/c1-10(2,3)6-8-5-9(7-13)12(4)11-8/h5,13H,6-7H2,1-4H3. The minimum absolute atomic E-state index is 0.0631. The average Bonchev–Trinajstić information content (AvgIpc) is 2.26. The smallest absolute Gasteiger partial charge is 0.0849 e. The molecule has 1 aromatic heterocycles. The summed E-state index contributed by atoms with van der Waals surface area (Å²) in [6.45, 7) is 6.61. The van der Waals surface area contributed by atoms with Gasteiger partial charge in [-0.3, -0.25) is 4.68 Å². The lowest BCUT2D eigenvalue weighted by atomic mass is 9.91. The van der Waals surface area contributed by atoms with Gasteiger partial charge in [0.25, 0.3) is 0 Å². The lowest BCUT2D eigenvalue weighted by molar-refractivity contribution is 0.270. The van der Waals surface area contributed by atoms with Crippen molar-refractivity contribution in [3.63, 3.8) is 0 Å². The van der Waals surface area contributed by atoms with Crippen LogP contribution >= 0.6 is 0 Å². The van der Waals surface area contributed by atoms with Crippen molar-refractivity contribution in [3.05, 3.63) is 17.5 Å². The fourth-order valence-corrected chi connectivity index (χ4v) is 1.35. The van der Waals surface area contributed by atoms with Gasteiger partial charge in [0.05, 0.1) is 18.0 Å². The topological polar surface area (TPSA) is 38.0 Å². The maximum Gasteiger partial charge on any atom is 0.0849 e. The van der Waals surface area contributed by atoms with Crippen LogP contribution in [0.1, 0.15) is 32.2 Å². The quantitative estimate of drug-likeness (QED) is 0.752. The van der Waals surface area contributed by atoms with E-state index in [-0.39, 0.29) is 12.0 Å². The Kier molecular flexibility index (Phi) is 2.76. The van der Waals surface area contributed by atoms with E-state index in [2.05, 4.69) is 25.9 Å². The highest BCUT2D eigenvalue weighted by molar-refractivity contribution is 5.10. The van der Waals surface area contributed by atoms with Crippen LogP contribution in [0, 0.1) is 5.41 Å². The number of aryl methyl sites for hydroxylation is 1. The van der Waals surface area contributed by atoms with Crippen molar-refractivity contribution >= 4 is 0 Å². The molecule has 0 aliphatic rings. The van der Waals surface area contributed by atoms with Crippen LogP contribution in [-0.4, -0.2) is 14.9 Å². The zero-order chi connectivity index (χ0) is 10.1. The van der Waals surface area contributed by atoms with E-state index in [1.807, 2.05) is 13.1 Å². The number of nitrogens with zero attached hydrogens (tertiary/aromatic N) is 2. The molecular formula is C10H18N2O. The van der Waals surface area contributed by atoms with Gasteiger partial charge in [-0.2, -0.15) is 5.10 Å². The van der Waals surface area contributed by atoms with Gasteiger partial charge in [-0.05, 0) is 17.9 Å². The second-order valence-corrected chi connectivity index (χ2v) is 4.65. The summed E-state index contributed by atoms with van der Waals surface area (Å²) in [7, 11) is 1.86. The molecule has 0 spiro atoms. The first-order chi connectivity index (χ1) is 5.92. The van der Waals surface area contributed by atoms with E-state index in [1.54, 1.807) is 4.68 Å².